The number of benzene rings is 3. The van der Waals surface area contributed by atoms with Gasteiger partial charge in [-0.2, -0.15) is 0 Å². The molecular weight excluding hydrogens is 477 g/mol. The van der Waals surface area contributed by atoms with E-state index >= 15 is 4.39 Å². The first kappa shape index (κ1) is 25.5. The molecule has 2 heterocycles. The molecule has 0 bridgehead atoms. The van der Waals surface area contributed by atoms with Gasteiger partial charge in [-0.15, -0.1) is 11.8 Å². The minimum Gasteiger partial charge on any atom is -0.368 e. The molecule has 1 aliphatic heterocycles. The third-order valence-electron chi connectivity index (χ3n) is 7.38. The van der Waals surface area contributed by atoms with Crippen LogP contribution in [0.15, 0.2) is 77.7 Å². The predicted molar refractivity (Wildman–Crippen MR) is 158 cm³/mol. The molecule has 0 N–H and O–H groups in total. The molecule has 3 aromatic carbocycles. The molecule has 0 unspecified atom stereocenters. The molecule has 0 amide bonds. The van der Waals surface area contributed by atoms with Gasteiger partial charge < -0.3 is 14.4 Å². The Bertz CT molecular complexity index is 1370. The highest BCUT2D eigenvalue weighted by Crippen LogP contribution is 2.45. The minimum absolute atomic E-state index is 0.186. The van der Waals surface area contributed by atoms with Gasteiger partial charge in [-0.25, -0.2) is 4.39 Å². The second kappa shape index (κ2) is 10.7. The number of rotatable bonds is 6. The van der Waals surface area contributed by atoms with E-state index in [0.29, 0.717) is 0 Å². The second-order valence-corrected chi connectivity index (χ2v) is 11.0. The van der Waals surface area contributed by atoms with Crippen molar-refractivity contribution in [2.45, 2.75) is 38.6 Å². The molecule has 3 nitrogen and oxygen atoms in total. The lowest BCUT2D eigenvalue weighted by atomic mass is 9.99. The summed E-state index contributed by atoms with van der Waals surface area (Å²) in [6.07, 6.45) is 2.12. The second-order valence-electron chi connectivity index (χ2n) is 10.2. The maximum absolute atomic E-state index is 15.2. The van der Waals surface area contributed by atoms with Crippen LogP contribution in [0.4, 0.5) is 15.8 Å². The van der Waals surface area contributed by atoms with Crippen molar-refractivity contribution in [3.63, 3.8) is 0 Å². The molecule has 0 saturated carbocycles. The molecule has 4 aromatic rings. The Morgan fingerprint density at radius 1 is 0.757 bits per heavy atom. The third kappa shape index (κ3) is 5.02. The largest absolute Gasteiger partial charge is 0.368 e. The van der Waals surface area contributed by atoms with Crippen LogP contribution in [0.2, 0.25) is 0 Å². The zero-order valence-electron chi connectivity index (χ0n) is 22.5. The molecule has 1 aromatic heterocycles. The normalized spacial score (nSPS) is 14.0. The van der Waals surface area contributed by atoms with Gasteiger partial charge in [-0.1, -0.05) is 48.0 Å². The SMILES string of the molecule is CSc1c(-c2cc(F)cc(N3CCN(c4ccc(C)cc4)CC3)c2)c(-c2ccccc2)n(C(C)C)c1C. The number of thioether (sulfide) groups is 1. The zero-order valence-corrected chi connectivity index (χ0v) is 23.3. The van der Waals surface area contributed by atoms with Gasteiger partial charge in [0.15, 0.2) is 0 Å². The van der Waals surface area contributed by atoms with E-state index in [1.54, 1.807) is 23.9 Å². The topological polar surface area (TPSA) is 11.4 Å². The van der Waals surface area contributed by atoms with Crippen molar-refractivity contribution >= 4 is 23.1 Å². The van der Waals surface area contributed by atoms with Crippen LogP contribution in [-0.2, 0) is 0 Å². The predicted octanol–water partition coefficient (Wildman–Crippen LogP) is 8.21. The van der Waals surface area contributed by atoms with Crippen LogP contribution in [0.25, 0.3) is 22.4 Å². The number of nitrogens with zero attached hydrogens (tertiary/aromatic N) is 3. The number of aryl methyl sites for hydroxylation is 1. The molecule has 0 aliphatic carbocycles. The summed E-state index contributed by atoms with van der Waals surface area (Å²) in [6, 6.07) is 25.1. The summed E-state index contributed by atoms with van der Waals surface area (Å²) in [6.45, 7) is 12.3. The van der Waals surface area contributed by atoms with E-state index in [2.05, 4.69) is 103 Å². The summed E-state index contributed by atoms with van der Waals surface area (Å²) in [4.78, 5) is 5.96. The molecule has 1 fully saturated rings. The summed E-state index contributed by atoms with van der Waals surface area (Å²) in [5, 5.41) is 0. The van der Waals surface area contributed by atoms with E-state index < -0.39 is 0 Å². The van der Waals surface area contributed by atoms with Gasteiger partial charge in [0.2, 0.25) is 0 Å². The molecule has 192 valence electrons. The van der Waals surface area contributed by atoms with E-state index in [-0.39, 0.29) is 11.9 Å². The maximum Gasteiger partial charge on any atom is 0.125 e. The Balaban J connectivity index is 1.53. The van der Waals surface area contributed by atoms with Gasteiger partial charge in [0, 0.05) is 59.7 Å². The maximum atomic E-state index is 15.2. The molecule has 5 heteroatoms. The Morgan fingerprint density at radius 2 is 1.38 bits per heavy atom. The van der Waals surface area contributed by atoms with Crippen LogP contribution in [0, 0.1) is 19.7 Å². The lowest BCUT2D eigenvalue weighted by Crippen LogP contribution is -2.46. The number of hydrogen-bond donors (Lipinski definition) is 0. The summed E-state index contributed by atoms with van der Waals surface area (Å²) in [5.41, 5.74) is 9.12. The van der Waals surface area contributed by atoms with Crippen molar-refractivity contribution in [3.05, 3.63) is 89.9 Å². The Morgan fingerprint density at radius 3 is 1.97 bits per heavy atom. The van der Waals surface area contributed by atoms with Crippen LogP contribution in [0.3, 0.4) is 0 Å². The summed E-state index contributed by atoms with van der Waals surface area (Å²) in [7, 11) is 0. The van der Waals surface area contributed by atoms with Gasteiger partial charge in [-0.3, -0.25) is 0 Å². The first-order valence-electron chi connectivity index (χ1n) is 13.1. The number of hydrogen-bond acceptors (Lipinski definition) is 3. The number of halogens is 1. The average Bonchev–Trinajstić information content (AvgIpc) is 3.21. The van der Waals surface area contributed by atoms with Crippen LogP contribution in [0.5, 0.6) is 0 Å². The lowest BCUT2D eigenvalue weighted by Gasteiger charge is -2.37. The van der Waals surface area contributed by atoms with Crippen molar-refractivity contribution < 1.29 is 4.39 Å². The Hall–Kier alpha value is -3.18. The molecule has 37 heavy (non-hydrogen) atoms. The van der Waals surface area contributed by atoms with E-state index in [1.807, 2.05) is 6.07 Å². The van der Waals surface area contributed by atoms with Crippen LogP contribution < -0.4 is 9.80 Å². The van der Waals surface area contributed by atoms with E-state index in [9.17, 15) is 0 Å². The van der Waals surface area contributed by atoms with Crippen LogP contribution in [0.1, 0.15) is 31.1 Å². The smallest absolute Gasteiger partial charge is 0.125 e. The fourth-order valence-corrected chi connectivity index (χ4v) is 6.42. The molecule has 1 saturated heterocycles. The monoisotopic (exact) mass is 513 g/mol. The highest BCUT2D eigenvalue weighted by Gasteiger charge is 2.25. The first-order valence-corrected chi connectivity index (χ1v) is 14.3. The van der Waals surface area contributed by atoms with Crippen LogP contribution >= 0.6 is 11.8 Å². The first-order chi connectivity index (χ1) is 17.9. The van der Waals surface area contributed by atoms with Gasteiger partial charge in [0.25, 0.3) is 0 Å². The summed E-state index contributed by atoms with van der Waals surface area (Å²) < 4.78 is 17.6. The number of aromatic nitrogens is 1. The molecule has 0 spiro atoms. The van der Waals surface area contributed by atoms with Gasteiger partial charge in [0.1, 0.15) is 5.82 Å². The van der Waals surface area contributed by atoms with E-state index in [1.165, 1.54) is 21.8 Å². The fraction of sp³-hybridized carbons (Fsp3) is 0.312. The highest BCUT2D eigenvalue weighted by atomic mass is 32.2. The molecule has 5 rings (SSSR count). The number of anilines is 2. The third-order valence-corrected chi connectivity index (χ3v) is 8.29. The quantitative estimate of drug-likeness (QED) is 0.241. The number of piperazine rings is 1. The van der Waals surface area contributed by atoms with Crippen molar-refractivity contribution in [1.29, 1.82) is 0 Å². The van der Waals surface area contributed by atoms with Crippen LogP contribution in [-0.4, -0.2) is 37.0 Å². The van der Waals surface area contributed by atoms with Gasteiger partial charge in [0.05, 0.1) is 5.69 Å². The van der Waals surface area contributed by atoms with Crippen molar-refractivity contribution in [3.8, 4) is 22.4 Å². The van der Waals surface area contributed by atoms with E-state index in [0.717, 1.165) is 54.3 Å². The lowest BCUT2D eigenvalue weighted by molar-refractivity contribution is 0.591. The summed E-state index contributed by atoms with van der Waals surface area (Å²) in [5.74, 6) is -0.186. The Labute approximate surface area is 224 Å². The van der Waals surface area contributed by atoms with E-state index in [4.69, 9.17) is 0 Å². The van der Waals surface area contributed by atoms with Crippen molar-refractivity contribution in [2.75, 3.05) is 42.2 Å². The molecule has 0 radical (unpaired) electrons. The molecule has 0 atom stereocenters. The van der Waals surface area contributed by atoms with Gasteiger partial charge >= 0.3 is 0 Å². The zero-order chi connectivity index (χ0) is 26.1. The minimum atomic E-state index is -0.186. The summed E-state index contributed by atoms with van der Waals surface area (Å²) >= 11 is 1.75. The van der Waals surface area contributed by atoms with Crippen molar-refractivity contribution in [1.82, 2.24) is 4.57 Å². The molecular formula is C32H36FN3S. The fourth-order valence-electron chi connectivity index (χ4n) is 5.61. The van der Waals surface area contributed by atoms with Crippen molar-refractivity contribution in [2.24, 2.45) is 0 Å². The van der Waals surface area contributed by atoms with Gasteiger partial charge in [-0.05, 0) is 75.4 Å². The molecule has 1 aliphatic rings. The standard InChI is InChI=1S/C32H36FN3S/c1-22(2)36-24(4)32(37-5)30(31(36)25-9-7-6-8-10-25)26-19-27(33)21-29(20-26)35-17-15-34(16-18-35)28-13-11-23(3)12-14-28/h6-14,19-22H,15-18H2,1-5H3. The Kier molecular flexibility index (Phi) is 7.34. The highest BCUT2D eigenvalue weighted by molar-refractivity contribution is 7.98. The average molecular weight is 514 g/mol.